The second-order valence-corrected chi connectivity index (χ2v) is 12.2. The van der Waals surface area contributed by atoms with E-state index in [1.807, 2.05) is 0 Å². The van der Waals surface area contributed by atoms with Crippen LogP contribution in [0.15, 0.2) is 121 Å². The smallest absolute Gasteiger partial charge is 0.0126 e. The number of hydrogen-bond acceptors (Lipinski definition) is 0. The van der Waals surface area contributed by atoms with Gasteiger partial charge in [-0.2, -0.15) is 0 Å². The van der Waals surface area contributed by atoms with Gasteiger partial charge in [0.2, 0.25) is 0 Å². The van der Waals surface area contributed by atoms with Crippen molar-refractivity contribution in [1.29, 1.82) is 0 Å². The van der Waals surface area contributed by atoms with E-state index < -0.39 is 15.8 Å². The molecule has 0 fully saturated rings. The van der Waals surface area contributed by atoms with Crippen LogP contribution < -0.4 is 21.2 Å². The van der Waals surface area contributed by atoms with Gasteiger partial charge in [-0.1, -0.05) is 128 Å². The summed E-state index contributed by atoms with van der Waals surface area (Å²) in [5.41, 5.74) is 0. The summed E-state index contributed by atoms with van der Waals surface area (Å²) in [6.07, 6.45) is 0. The minimum absolute atomic E-state index is 0. The van der Waals surface area contributed by atoms with Gasteiger partial charge in [0.25, 0.3) is 0 Å². The standard InChI is InChI=1S/C26H24P2.ClH.Ni/c1-22(27(23-14-6-2-7-15-23)24-16-8-3-9-17-24)28(25-18-10-4-11-19-25)26-20-12-5-13-21-26;;/h2-22H,1H3;1H;. The van der Waals surface area contributed by atoms with E-state index in [9.17, 15) is 0 Å². The first-order chi connectivity index (χ1) is 13.8. The normalized spacial score (nSPS) is 10.5. The quantitative estimate of drug-likeness (QED) is 0.228. The molecule has 0 saturated heterocycles. The zero-order valence-corrected chi connectivity index (χ0v) is 20.3. The molecule has 156 valence electrons. The molecule has 0 unspecified atom stereocenters. The predicted octanol–water partition coefficient (Wildman–Crippen LogP) is 6.02. The number of halogens is 1. The maximum atomic E-state index is 2.46. The van der Waals surface area contributed by atoms with Crippen molar-refractivity contribution in [3.05, 3.63) is 121 Å². The fourth-order valence-electron chi connectivity index (χ4n) is 3.63. The maximum absolute atomic E-state index is 2.46. The van der Waals surface area contributed by atoms with Gasteiger partial charge in [-0.15, -0.1) is 12.4 Å². The Balaban J connectivity index is 0.00000160. The molecule has 0 aliphatic heterocycles. The Kier molecular flexibility index (Phi) is 10.2. The summed E-state index contributed by atoms with van der Waals surface area (Å²) < 4.78 is 0. The van der Waals surface area contributed by atoms with Gasteiger partial charge in [0.05, 0.1) is 0 Å². The average molecular weight is 494 g/mol. The summed E-state index contributed by atoms with van der Waals surface area (Å²) in [5.74, 6) is 0. The number of rotatable bonds is 6. The van der Waals surface area contributed by atoms with Crippen LogP contribution in [-0.2, 0) is 16.5 Å². The summed E-state index contributed by atoms with van der Waals surface area (Å²) in [7, 11) is -0.940. The summed E-state index contributed by atoms with van der Waals surface area (Å²) in [6.45, 7) is 2.46. The molecule has 0 heterocycles. The van der Waals surface area contributed by atoms with Crippen molar-refractivity contribution in [2.75, 3.05) is 0 Å². The molecule has 0 aliphatic carbocycles. The van der Waals surface area contributed by atoms with Crippen molar-refractivity contribution in [2.24, 2.45) is 0 Å². The van der Waals surface area contributed by atoms with Crippen LogP contribution in [0.4, 0.5) is 0 Å². The minimum Gasteiger partial charge on any atom is -0.147 e. The first-order valence-corrected chi connectivity index (χ1v) is 12.5. The van der Waals surface area contributed by atoms with E-state index in [4.69, 9.17) is 0 Å². The van der Waals surface area contributed by atoms with E-state index in [1.54, 1.807) is 0 Å². The molecule has 0 atom stereocenters. The number of benzene rings is 4. The molecular weight excluding hydrogens is 468 g/mol. The SMILES string of the molecule is CC(P(c1ccccc1)c1ccccc1)P(c1ccccc1)c1ccccc1.Cl.[Ni]. The molecule has 4 aromatic rings. The van der Waals surface area contributed by atoms with Crippen LogP contribution in [0.3, 0.4) is 0 Å². The maximum Gasteiger partial charge on any atom is 0.0126 e. The van der Waals surface area contributed by atoms with Crippen molar-refractivity contribution in [3.63, 3.8) is 0 Å². The molecule has 4 rings (SSSR count). The summed E-state index contributed by atoms with van der Waals surface area (Å²) in [5, 5.41) is 6.34. The average Bonchev–Trinajstić information content (AvgIpc) is 2.77. The Morgan fingerprint density at radius 3 is 0.833 bits per heavy atom. The van der Waals surface area contributed by atoms with Crippen LogP contribution in [0.25, 0.3) is 0 Å². The van der Waals surface area contributed by atoms with Crippen molar-refractivity contribution < 1.29 is 16.5 Å². The fraction of sp³-hybridized carbons (Fsp3) is 0.0769. The van der Waals surface area contributed by atoms with Crippen LogP contribution >= 0.6 is 28.3 Å². The van der Waals surface area contributed by atoms with Crippen molar-refractivity contribution in [2.45, 2.75) is 12.3 Å². The first-order valence-electron chi connectivity index (χ1n) is 9.63. The van der Waals surface area contributed by atoms with E-state index in [0.717, 1.165) is 0 Å². The van der Waals surface area contributed by atoms with Crippen LogP contribution in [-0.4, -0.2) is 5.40 Å². The van der Waals surface area contributed by atoms with Crippen molar-refractivity contribution in [3.8, 4) is 0 Å². The molecule has 4 aromatic carbocycles. The topological polar surface area (TPSA) is 0 Å². The molecule has 0 aromatic heterocycles. The second kappa shape index (κ2) is 12.4. The van der Waals surface area contributed by atoms with Gasteiger partial charge in [-0.25, -0.2) is 0 Å². The molecule has 0 amide bonds. The van der Waals surface area contributed by atoms with Gasteiger partial charge < -0.3 is 0 Å². The van der Waals surface area contributed by atoms with E-state index in [1.165, 1.54) is 21.2 Å². The largest absolute Gasteiger partial charge is 0.147 e. The van der Waals surface area contributed by atoms with Crippen LogP contribution in [0.2, 0.25) is 0 Å². The summed E-state index contributed by atoms with van der Waals surface area (Å²) >= 11 is 0. The van der Waals surface area contributed by atoms with Crippen LogP contribution in [0.1, 0.15) is 6.92 Å². The third-order valence-electron chi connectivity index (χ3n) is 4.88. The second-order valence-electron chi connectivity index (χ2n) is 6.71. The molecule has 0 spiro atoms. The Morgan fingerprint density at radius 1 is 0.433 bits per heavy atom. The molecule has 0 nitrogen and oxygen atoms in total. The molecule has 0 bridgehead atoms. The van der Waals surface area contributed by atoms with Gasteiger partial charge in [-0.3, -0.25) is 0 Å². The van der Waals surface area contributed by atoms with E-state index in [0.29, 0.717) is 5.40 Å². The molecule has 30 heavy (non-hydrogen) atoms. The van der Waals surface area contributed by atoms with Gasteiger partial charge in [-0.05, 0) is 37.1 Å². The van der Waals surface area contributed by atoms with E-state index in [2.05, 4.69) is 128 Å². The summed E-state index contributed by atoms with van der Waals surface area (Å²) in [6, 6.07) is 44.3. The molecule has 0 N–H and O–H groups in total. The Morgan fingerprint density at radius 2 is 0.633 bits per heavy atom. The van der Waals surface area contributed by atoms with Gasteiger partial charge in [0, 0.05) is 21.9 Å². The third kappa shape index (κ3) is 5.81. The molecule has 0 saturated carbocycles. The summed E-state index contributed by atoms with van der Waals surface area (Å²) in [4.78, 5) is 0. The van der Waals surface area contributed by atoms with Crippen LogP contribution in [0.5, 0.6) is 0 Å². The molecule has 4 heteroatoms. The fourth-order valence-corrected chi connectivity index (χ4v) is 10.5. The van der Waals surface area contributed by atoms with Crippen molar-refractivity contribution >= 4 is 49.5 Å². The molecule has 0 aliphatic rings. The first kappa shape index (κ1) is 24.8. The van der Waals surface area contributed by atoms with Crippen LogP contribution in [0, 0.1) is 0 Å². The predicted molar refractivity (Wildman–Crippen MR) is 135 cm³/mol. The van der Waals surface area contributed by atoms with Gasteiger partial charge in [0.1, 0.15) is 0 Å². The number of hydrogen-bond donors (Lipinski definition) is 0. The minimum atomic E-state index is -0.470. The van der Waals surface area contributed by atoms with Crippen molar-refractivity contribution in [1.82, 2.24) is 0 Å². The molecule has 0 radical (unpaired) electrons. The monoisotopic (exact) mass is 492 g/mol. The zero-order valence-electron chi connectivity index (χ0n) is 16.7. The van der Waals surface area contributed by atoms with E-state index >= 15 is 0 Å². The van der Waals surface area contributed by atoms with E-state index in [-0.39, 0.29) is 28.9 Å². The Hall–Kier alpha value is -1.48. The van der Waals surface area contributed by atoms with Gasteiger partial charge >= 0.3 is 0 Å². The molecular formula is C26H25ClNiP2. The Bertz CT molecular complexity index is 820. The van der Waals surface area contributed by atoms with Gasteiger partial charge in [0.15, 0.2) is 0 Å². The zero-order chi connectivity index (χ0) is 19.2. The third-order valence-corrected chi connectivity index (χ3v) is 11.2. The Labute approximate surface area is 199 Å².